The molecule has 4 rings (SSSR count). The fraction of sp³-hybridized carbons (Fsp3) is 0.355. The Kier molecular flexibility index (Phi) is 18.6. The molecule has 0 fully saturated rings. The average Bonchev–Trinajstić information content (AvgIpc) is 3.25. The number of benzene rings is 3. The summed E-state index contributed by atoms with van der Waals surface area (Å²) < 4.78 is 5.76. The van der Waals surface area contributed by atoms with E-state index in [0.29, 0.717) is 0 Å². The van der Waals surface area contributed by atoms with E-state index in [0.717, 1.165) is 23.0 Å². The maximum Gasteiger partial charge on any atom is 0.0464 e. The number of hydrogen-bond acceptors (Lipinski definition) is 2. The van der Waals surface area contributed by atoms with Gasteiger partial charge in [0.1, 0.15) is 0 Å². The van der Waals surface area contributed by atoms with Crippen molar-refractivity contribution in [3.05, 3.63) is 84.0 Å². The Balaban J connectivity index is 0.000000552. The predicted molar refractivity (Wildman–Crippen MR) is 163 cm³/mol. The molecule has 0 amide bonds. The maximum atomic E-state index is 7.42. The molecule has 0 saturated heterocycles. The van der Waals surface area contributed by atoms with Crippen molar-refractivity contribution in [1.82, 2.24) is 4.98 Å². The van der Waals surface area contributed by atoms with Crippen LogP contribution in [0.4, 0.5) is 0 Å². The summed E-state index contributed by atoms with van der Waals surface area (Å²) in [6.07, 6.45) is 3.48. The molecule has 1 heterocycles. The van der Waals surface area contributed by atoms with Gasteiger partial charge in [-0.25, -0.2) is 0 Å². The topological polar surface area (TPSA) is 48.9 Å². The number of H-pyrrole nitrogens is 1. The molecule has 202 valence electrons. The van der Waals surface area contributed by atoms with Gasteiger partial charge in [0.05, 0.1) is 5.75 Å². The summed E-state index contributed by atoms with van der Waals surface area (Å²) in [7, 11) is 9.87. The van der Waals surface area contributed by atoms with Crippen molar-refractivity contribution >= 4 is 45.0 Å². The van der Waals surface area contributed by atoms with Gasteiger partial charge in [-0.05, 0) is 29.2 Å². The molecule has 0 spiro atoms. The first-order valence-electron chi connectivity index (χ1n) is 12.7. The van der Waals surface area contributed by atoms with Gasteiger partial charge in [0.25, 0.3) is 0 Å². The molecule has 0 saturated carbocycles. The molecule has 3 aromatic carbocycles. The summed E-state index contributed by atoms with van der Waals surface area (Å²) in [5, 5.41) is 10.0. The minimum Gasteiger partial charge on any atom is -0.355 e. The van der Waals surface area contributed by atoms with Crippen LogP contribution in [0.1, 0.15) is 79.9 Å². The second-order valence-corrected chi connectivity index (χ2v) is 12.9. The van der Waals surface area contributed by atoms with Gasteiger partial charge in [-0.1, -0.05) is 103 Å². The smallest absolute Gasteiger partial charge is 0.0464 e. The number of hydrogen-bond donors (Lipinski definition) is 2. The molecule has 1 aromatic heterocycles. The summed E-state index contributed by atoms with van der Waals surface area (Å²) in [4.78, 5) is 3.38. The molecular formula is C31H43Cl2N2OZr-. The molecule has 0 unspecified atom stereocenters. The molecule has 37 heavy (non-hydrogen) atoms. The molecule has 0 bridgehead atoms. The number of para-hydroxylation sites is 3. The predicted octanol–water partition coefficient (Wildman–Crippen LogP) is 11.1. The number of halogens is 2. The summed E-state index contributed by atoms with van der Waals surface area (Å²) >= 11 is -0.826. The second kappa shape index (κ2) is 19.5. The second-order valence-electron chi connectivity index (χ2n) is 9.12. The molecule has 3 nitrogen and oxygen atoms in total. The van der Waals surface area contributed by atoms with E-state index in [1.807, 2.05) is 39.8 Å². The number of aromatic nitrogens is 1. The fourth-order valence-corrected chi connectivity index (χ4v) is 3.38. The first-order chi connectivity index (χ1) is 17.6. The van der Waals surface area contributed by atoms with E-state index in [1.165, 1.54) is 34.4 Å². The third-order valence-corrected chi connectivity index (χ3v) is 4.73. The molecule has 0 aliphatic rings. The number of ether oxygens (including phenoxy) is 1. The molecule has 0 aliphatic carbocycles. The standard InChI is InChI=1S/C14H20NO.C12H9N.C3H8.C2H6.2ClH.Zr/c1-10(2)16-13-11(9-15)7-6-8-12(13)14(3,4)5;1-3-7-11-9(5-1)10-6-2-4-8-12(10)13-11;1-3-2;1-2;;;/h6-9,15H,1-5H3;1-8,13H;3H2,1-2H3;1-2H3;2*1H;/q-1;;;;;;+2/p-2. The summed E-state index contributed by atoms with van der Waals surface area (Å²) in [6, 6.07) is 22.7. The van der Waals surface area contributed by atoms with Crippen molar-refractivity contribution in [3.8, 4) is 5.75 Å². The van der Waals surface area contributed by atoms with Crippen LogP contribution in [0.3, 0.4) is 0 Å². The van der Waals surface area contributed by atoms with Gasteiger partial charge in [0, 0.05) is 33.6 Å². The largest absolute Gasteiger partial charge is 0.355 e. The normalized spacial score (nSPS) is 9.95. The molecular weight excluding hydrogens is 578 g/mol. The van der Waals surface area contributed by atoms with Crippen molar-refractivity contribution in [3.63, 3.8) is 0 Å². The van der Waals surface area contributed by atoms with Crippen LogP contribution < -0.4 is 4.74 Å². The molecule has 2 N–H and O–H groups in total. The van der Waals surface area contributed by atoms with Gasteiger partial charge >= 0.3 is 37.9 Å². The Bertz CT molecular complexity index is 1110. The van der Waals surface area contributed by atoms with Gasteiger partial charge in [-0.2, -0.15) is 20.0 Å². The molecule has 4 aromatic rings. The van der Waals surface area contributed by atoms with E-state index < -0.39 is 20.8 Å². The SMILES string of the molecule is CC.CCC.C[C-](C)Oc1c(C=N)cccc1C(C)(C)C.[Cl][Zr][Cl].c1ccc2c(c1)[nH]c1ccccc12. The summed E-state index contributed by atoms with van der Waals surface area (Å²) in [5.74, 6) is 0.810. The first-order valence-corrected chi connectivity index (χ1v) is 19.0. The van der Waals surface area contributed by atoms with Crippen LogP contribution in [0.5, 0.6) is 5.75 Å². The maximum absolute atomic E-state index is 7.42. The van der Waals surface area contributed by atoms with Crippen LogP contribution >= 0.6 is 17.0 Å². The minimum absolute atomic E-state index is 0.0177. The average molecular weight is 622 g/mol. The van der Waals surface area contributed by atoms with E-state index >= 15 is 0 Å². The Morgan fingerprint density at radius 1 is 0.865 bits per heavy atom. The van der Waals surface area contributed by atoms with E-state index in [9.17, 15) is 0 Å². The fourth-order valence-electron chi connectivity index (χ4n) is 3.38. The van der Waals surface area contributed by atoms with Gasteiger partial charge in [0.15, 0.2) is 0 Å². The van der Waals surface area contributed by atoms with Crippen LogP contribution in [0.15, 0.2) is 66.7 Å². The molecule has 6 heteroatoms. The first kappa shape index (κ1) is 35.4. The van der Waals surface area contributed by atoms with Crippen LogP contribution in [-0.2, 0) is 26.3 Å². The summed E-state index contributed by atoms with van der Waals surface area (Å²) in [6.45, 7) is 18.5. The van der Waals surface area contributed by atoms with Gasteiger partial charge < -0.3 is 15.1 Å². The zero-order valence-electron chi connectivity index (χ0n) is 23.8. The van der Waals surface area contributed by atoms with Gasteiger partial charge in [0.2, 0.25) is 0 Å². The third-order valence-electron chi connectivity index (χ3n) is 4.73. The van der Waals surface area contributed by atoms with E-state index in [2.05, 4.69) is 94.2 Å². The van der Waals surface area contributed by atoms with E-state index in [4.69, 9.17) is 27.2 Å². The Morgan fingerprint density at radius 2 is 1.30 bits per heavy atom. The van der Waals surface area contributed by atoms with Gasteiger partial charge in [-0.15, -0.1) is 0 Å². The molecule has 0 atom stereocenters. The Hall–Kier alpha value is -1.61. The van der Waals surface area contributed by atoms with Crippen LogP contribution in [0.25, 0.3) is 21.8 Å². The van der Waals surface area contributed by atoms with Crippen molar-refractivity contribution in [1.29, 1.82) is 5.41 Å². The van der Waals surface area contributed by atoms with E-state index in [1.54, 1.807) is 0 Å². The minimum atomic E-state index is -0.826. The number of nitrogens with one attached hydrogen (secondary N) is 2. The van der Waals surface area contributed by atoms with Crippen LogP contribution in [-0.4, -0.2) is 11.2 Å². The number of rotatable bonds is 3. The quantitative estimate of drug-likeness (QED) is 0.174. The molecule has 0 aliphatic heterocycles. The zero-order valence-corrected chi connectivity index (χ0v) is 27.8. The monoisotopic (exact) mass is 619 g/mol. The van der Waals surface area contributed by atoms with Crippen molar-refractivity contribution in [2.75, 3.05) is 0 Å². The number of fused-ring (bicyclic) bond motifs is 3. The Labute approximate surface area is 243 Å². The van der Waals surface area contributed by atoms with Crippen molar-refractivity contribution in [2.24, 2.45) is 0 Å². The molecule has 0 radical (unpaired) electrons. The van der Waals surface area contributed by atoms with Crippen LogP contribution in [0.2, 0.25) is 0 Å². The zero-order chi connectivity index (χ0) is 28.4. The van der Waals surface area contributed by atoms with Crippen molar-refractivity contribution < 1.29 is 25.6 Å². The number of aromatic amines is 1. The van der Waals surface area contributed by atoms with Crippen molar-refractivity contribution in [2.45, 2.75) is 74.1 Å². The van der Waals surface area contributed by atoms with E-state index in [-0.39, 0.29) is 5.41 Å². The summed E-state index contributed by atoms with van der Waals surface area (Å²) in [5.41, 5.74) is 4.40. The van der Waals surface area contributed by atoms with Gasteiger partial charge in [-0.3, -0.25) is 0 Å². The van der Waals surface area contributed by atoms with Crippen LogP contribution in [0, 0.1) is 11.5 Å². The Morgan fingerprint density at radius 3 is 1.68 bits per heavy atom. The third kappa shape index (κ3) is 12.2.